The van der Waals surface area contributed by atoms with Crippen molar-refractivity contribution in [2.24, 2.45) is 11.7 Å². The van der Waals surface area contributed by atoms with Crippen LogP contribution >= 0.6 is 0 Å². The Morgan fingerprint density at radius 1 is 1.08 bits per heavy atom. The summed E-state index contributed by atoms with van der Waals surface area (Å²) in [5, 5.41) is 1.11. The fourth-order valence-corrected chi connectivity index (χ4v) is 3.49. The lowest BCUT2D eigenvalue weighted by molar-refractivity contribution is 0.493. The van der Waals surface area contributed by atoms with Gasteiger partial charge in [-0.05, 0) is 48.1 Å². The standard InChI is InChI=1S/C21H25N5/c1-14(2)13-17(22)20-24-18-6-3-5-16(15-7-9-23-10-8-15)19(18)21(25-20)26-11-4-12-26/h3,5-10,14,17H,4,11-13,22H2,1-2H3. The maximum atomic E-state index is 6.41. The van der Waals surface area contributed by atoms with Gasteiger partial charge in [-0.15, -0.1) is 0 Å². The summed E-state index contributed by atoms with van der Waals surface area (Å²) >= 11 is 0. The van der Waals surface area contributed by atoms with Crippen LogP contribution in [0.2, 0.25) is 0 Å². The van der Waals surface area contributed by atoms with E-state index >= 15 is 0 Å². The Kier molecular flexibility index (Phi) is 4.55. The molecule has 2 aromatic heterocycles. The van der Waals surface area contributed by atoms with Gasteiger partial charge in [0.15, 0.2) is 0 Å². The molecule has 1 aliphatic heterocycles. The summed E-state index contributed by atoms with van der Waals surface area (Å²) in [7, 11) is 0. The molecule has 1 atom stereocenters. The lowest BCUT2D eigenvalue weighted by Crippen LogP contribution is -2.38. The zero-order valence-corrected chi connectivity index (χ0v) is 15.4. The van der Waals surface area contributed by atoms with Crippen LogP contribution in [0.4, 0.5) is 5.82 Å². The van der Waals surface area contributed by atoms with Crippen LogP contribution in [-0.4, -0.2) is 28.0 Å². The minimum absolute atomic E-state index is 0.135. The smallest absolute Gasteiger partial charge is 0.148 e. The molecule has 1 aromatic carbocycles. The van der Waals surface area contributed by atoms with Crippen molar-refractivity contribution in [3.05, 3.63) is 48.5 Å². The largest absolute Gasteiger partial charge is 0.356 e. The van der Waals surface area contributed by atoms with Crippen molar-refractivity contribution >= 4 is 16.7 Å². The Morgan fingerprint density at radius 3 is 2.50 bits per heavy atom. The van der Waals surface area contributed by atoms with Gasteiger partial charge in [-0.1, -0.05) is 26.0 Å². The predicted octanol–water partition coefficient (Wildman–Crippen LogP) is 3.95. The summed E-state index contributed by atoms with van der Waals surface area (Å²) < 4.78 is 0. The molecule has 0 bridgehead atoms. The Labute approximate surface area is 154 Å². The first-order chi connectivity index (χ1) is 12.6. The second-order valence-electron chi connectivity index (χ2n) is 7.42. The first-order valence-electron chi connectivity index (χ1n) is 9.35. The van der Waals surface area contributed by atoms with Crippen LogP contribution in [-0.2, 0) is 0 Å². The zero-order valence-electron chi connectivity index (χ0n) is 15.4. The van der Waals surface area contributed by atoms with Gasteiger partial charge in [0, 0.05) is 25.5 Å². The number of pyridine rings is 1. The maximum Gasteiger partial charge on any atom is 0.148 e. The molecule has 2 N–H and O–H groups in total. The molecule has 134 valence electrons. The molecule has 1 unspecified atom stereocenters. The van der Waals surface area contributed by atoms with Crippen molar-refractivity contribution in [3.8, 4) is 11.1 Å². The van der Waals surface area contributed by atoms with E-state index in [0.717, 1.165) is 53.2 Å². The molecule has 5 heteroatoms. The summed E-state index contributed by atoms with van der Waals surface area (Å²) in [5.74, 6) is 2.28. The Balaban J connectivity index is 1.90. The molecule has 0 amide bonds. The molecule has 1 aliphatic rings. The summed E-state index contributed by atoms with van der Waals surface area (Å²) in [4.78, 5) is 16.2. The SMILES string of the molecule is CC(C)CC(N)c1nc(N2CCC2)c2c(-c3ccncc3)cccc2n1. The lowest BCUT2D eigenvalue weighted by atomic mass is 9.99. The quantitative estimate of drug-likeness (QED) is 0.757. The van der Waals surface area contributed by atoms with Gasteiger partial charge >= 0.3 is 0 Å². The average Bonchev–Trinajstić information content (AvgIpc) is 2.59. The molecule has 3 heterocycles. The van der Waals surface area contributed by atoms with Crippen molar-refractivity contribution < 1.29 is 0 Å². The molecule has 1 saturated heterocycles. The number of nitrogens with two attached hydrogens (primary N) is 1. The fraction of sp³-hybridized carbons (Fsp3) is 0.381. The second kappa shape index (κ2) is 7.00. The highest BCUT2D eigenvalue weighted by atomic mass is 15.2. The third-order valence-electron chi connectivity index (χ3n) is 4.93. The van der Waals surface area contributed by atoms with E-state index in [4.69, 9.17) is 15.7 Å². The number of nitrogens with zero attached hydrogens (tertiary/aromatic N) is 4. The molecule has 1 fully saturated rings. The highest BCUT2D eigenvalue weighted by Crippen LogP contribution is 2.36. The normalized spacial score (nSPS) is 15.3. The minimum atomic E-state index is -0.135. The molecule has 3 aromatic rings. The van der Waals surface area contributed by atoms with Gasteiger partial charge in [-0.3, -0.25) is 4.98 Å². The van der Waals surface area contributed by atoms with Crippen LogP contribution in [0.3, 0.4) is 0 Å². The summed E-state index contributed by atoms with van der Waals surface area (Å²) in [5.41, 5.74) is 9.66. The Morgan fingerprint density at radius 2 is 1.85 bits per heavy atom. The Hall–Kier alpha value is -2.53. The minimum Gasteiger partial charge on any atom is -0.356 e. The molecular formula is C21H25N5. The van der Waals surface area contributed by atoms with Gasteiger partial charge in [0.2, 0.25) is 0 Å². The van der Waals surface area contributed by atoms with Gasteiger partial charge in [-0.2, -0.15) is 0 Å². The van der Waals surface area contributed by atoms with E-state index in [-0.39, 0.29) is 6.04 Å². The van der Waals surface area contributed by atoms with E-state index < -0.39 is 0 Å². The van der Waals surface area contributed by atoms with Gasteiger partial charge in [-0.25, -0.2) is 9.97 Å². The van der Waals surface area contributed by atoms with E-state index in [0.29, 0.717) is 5.92 Å². The van der Waals surface area contributed by atoms with Gasteiger partial charge in [0.1, 0.15) is 11.6 Å². The van der Waals surface area contributed by atoms with E-state index in [1.165, 1.54) is 6.42 Å². The summed E-state index contributed by atoms with van der Waals surface area (Å²) in [6, 6.07) is 10.2. The molecule has 5 nitrogen and oxygen atoms in total. The number of aromatic nitrogens is 3. The second-order valence-corrected chi connectivity index (χ2v) is 7.42. The third kappa shape index (κ3) is 3.15. The van der Waals surface area contributed by atoms with Gasteiger partial charge in [0.05, 0.1) is 16.9 Å². The van der Waals surface area contributed by atoms with Gasteiger partial charge < -0.3 is 10.6 Å². The molecular weight excluding hydrogens is 322 g/mol. The molecule has 0 radical (unpaired) electrons. The first kappa shape index (κ1) is 16.9. The van der Waals surface area contributed by atoms with E-state index in [9.17, 15) is 0 Å². The highest BCUT2D eigenvalue weighted by molar-refractivity contribution is 6.02. The first-order valence-corrected chi connectivity index (χ1v) is 9.35. The van der Waals surface area contributed by atoms with Gasteiger partial charge in [0.25, 0.3) is 0 Å². The number of anilines is 1. The number of hydrogen-bond acceptors (Lipinski definition) is 5. The van der Waals surface area contributed by atoms with Crippen LogP contribution in [0.15, 0.2) is 42.7 Å². The predicted molar refractivity (Wildman–Crippen MR) is 106 cm³/mol. The van der Waals surface area contributed by atoms with Crippen molar-refractivity contribution in [2.75, 3.05) is 18.0 Å². The molecule has 0 spiro atoms. The van der Waals surface area contributed by atoms with Crippen molar-refractivity contribution in [1.29, 1.82) is 0 Å². The topological polar surface area (TPSA) is 67.9 Å². The molecule has 0 aliphatic carbocycles. The third-order valence-corrected chi connectivity index (χ3v) is 4.93. The Bertz CT molecular complexity index is 903. The van der Waals surface area contributed by atoms with Crippen LogP contribution in [0.1, 0.15) is 38.6 Å². The molecule has 26 heavy (non-hydrogen) atoms. The number of benzene rings is 1. The highest BCUT2D eigenvalue weighted by Gasteiger charge is 2.23. The van der Waals surface area contributed by atoms with Crippen LogP contribution in [0.5, 0.6) is 0 Å². The number of fused-ring (bicyclic) bond motifs is 1. The fourth-order valence-electron chi connectivity index (χ4n) is 3.49. The van der Waals surface area contributed by atoms with E-state index in [2.05, 4.69) is 41.9 Å². The summed E-state index contributed by atoms with van der Waals surface area (Å²) in [6.45, 7) is 6.43. The van der Waals surface area contributed by atoms with E-state index in [1.54, 1.807) is 0 Å². The lowest BCUT2D eigenvalue weighted by Gasteiger charge is -2.33. The van der Waals surface area contributed by atoms with Crippen molar-refractivity contribution in [3.63, 3.8) is 0 Å². The van der Waals surface area contributed by atoms with Crippen molar-refractivity contribution in [1.82, 2.24) is 15.0 Å². The van der Waals surface area contributed by atoms with Crippen LogP contribution in [0.25, 0.3) is 22.0 Å². The molecule has 0 saturated carbocycles. The number of hydrogen-bond donors (Lipinski definition) is 1. The monoisotopic (exact) mass is 347 g/mol. The zero-order chi connectivity index (χ0) is 18.1. The van der Waals surface area contributed by atoms with E-state index in [1.807, 2.05) is 24.5 Å². The van der Waals surface area contributed by atoms with Crippen molar-refractivity contribution in [2.45, 2.75) is 32.7 Å². The van der Waals surface area contributed by atoms with Crippen LogP contribution in [0, 0.1) is 5.92 Å². The molecule has 4 rings (SSSR count). The maximum absolute atomic E-state index is 6.41. The number of rotatable bonds is 5. The average molecular weight is 347 g/mol. The summed E-state index contributed by atoms with van der Waals surface area (Å²) in [6.07, 6.45) is 5.74. The van der Waals surface area contributed by atoms with Crippen LogP contribution < -0.4 is 10.6 Å².